The molecule has 0 amide bonds. The summed E-state index contributed by atoms with van der Waals surface area (Å²) in [6.07, 6.45) is 1.41. The van der Waals surface area contributed by atoms with E-state index in [9.17, 15) is 13.2 Å². The van der Waals surface area contributed by atoms with Gasteiger partial charge in [-0.1, -0.05) is 19.8 Å². The summed E-state index contributed by atoms with van der Waals surface area (Å²) >= 11 is 0. The molecule has 0 aromatic rings. The molecule has 0 spiro atoms. The van der Waals surface area contributed by atoms with E-state index >= 15 is 0 Å². The third kappa shape index (κ3) is 5.28. The lowest BCUT2D eigenvalue weighted by Crippen LogP contribution is -2.41. The topological polar surface area (TPSA) is 12.0 Å². The van der Waals surface area contributed by atoms with Gasteiger partial charge in [0, 0.05) is 12.1 Å². The highest BCUT2D eigenvalue weighted by molar-refractivity contribution is 4.82. The lowest BCUT2D eigenvalue weighted by molar-refractivity contribution is -0.182. The molecule has 0 aromatic heterocycles. The molecule has 1 unspecified atom stereocenters. The van der Waals surface area contributed by atoms with Gasteiger partial charge >= 0.3 is 6.18 Å². The monoisotopic (exact) mass is 251 g/mol. The first-order valence-electron chi connectivity index (χ1n) is 6.76. The van der Waals surface area contributed by atoms with Crippen LogP contribution in [0.1, 0.15) is 58.8 Å². The number of nitrogens with one attached hydrogen (secondary N) is 1. The molecule has 1 atom stereocenters. The van der Waals surface area contributed by atoms with Crippen molar-refractivity contribution in [3.05, 3.63) is 0 Å². The Morgan fingerprint density at radius 1 is 1.18 bits per heavy atom. The molecule has 0 saturated heterocycles. The SMILES string of the molecule is CCCCC(C)NC1CCC(C(F)(F)F)CC1. The highest BCUT2D eigenvalue weighted by Gasteiger charge is 2.41. The van der Waals surface area contributed by atoms with Gasteiger partial charge in [-0.15, -0.1) is 0 Å². The number of rotatable bonds is 5. The van der Waals surface area contributed by atoms with E-state index in [4.69, 9.17) is 0 Å². The highest BCUT2D eigenvalue weighted by Crippen LogP contribution is 2.37. The van der Waals surface area contributed by atoms with Crippen molar-refractivity contribution in [3.8, 4) is 0 Å². The second kappa shape index (κ2) is 6.62. The third-order valence-corrected chi connectivity index (χ3v) is 3.70. The summed E-state index contributed by atoms with van der Waals surface area (Å²) in [5.41, 5.74) is 0. The molecule has 17 heavy (non-hydrogen) atoms. The molecule has 0 aliphatic heterocycles. The Balaban J connectivity index is 2.23. The molecule has 1 rings (SSSR count). The maximum Gasteiger partial charge on any atom is 0.391 e. The largest absolute Gasteiger partial charge is 0.391 e. The zero-order valence-corrected chi connectivity index (χ0v) is 10.8. The number of halogens is 3. The molecule has 4 heteroatoms. The standard InChI is InChI=1S/C13H24F3N/c1-3-4-5-10(2)17-12-8-6-11(7-9-12)13(14,15)16/h10-12,17H,3-9H2,1-2H3. The summed E-state index contributed by atoms with van der Waals surface area (Å²) in [4.78, 5) is 0. The van der Waals surface area contributed by atoms with Crippen molar-refractivity contribution in [1.29, 1.82) is 0 Å². The summed E-state index contributed by atoms with van der Waals surface area (Å²) in [6, 6.07) is 0.725. The summed E-state index contributed by atoms with van der Waals surface area (Å²) < 4.78 is 37.4. The minimum atomic E-state index is -3.99. The summed E-state index contributed by atoms with van der Waals surface area (Å²) in [7, 11) is 0. The van der Waals surface area contributed by atoms with Gasteiger partial charge in [0.05, 0.1) is 5.92 Å². The smallest absolute Gasteiger partial charge is 0.312 e. The van der Waals surface area contributed by atoms with Crippen LogP contribution in [0.3, 0.4) is 0 Å². The summed E-state index contributed by atoms with van der Waals surface area (Å²) in [5.74, 6) is -1.06. The molecule has 1 N–H and O–H groups in total. The van der Waals surface area contributed by atoms with Crippen LogP contribution in [0.15, 0.2) is 0 Å². The minimum absolute atomic E-state index is 0.292. The number of hydrogen-bond donors (Lipinski definition) is 1. The van der Waals surface area contributed by atoms with E-state index in [1.54, 1.807) is 0 Å². The van der Waals surface area contributed by atoms with Gasteiger partial charge in [-0.05, 0) is 39.0 Å². The van der Waals surface area contributed by atoms with Gasteiger partial charge < -0.3 is 5.32 Å². The van der Waals surface area contributed by atoms with Gasteiger partial charge in [-0.3, -0.25) is 0 Å². The molecule has 1 aliphatic carbocycles. The van der Waals surface area contributed by atoms with E-state index in [2.05, 4.69) is 19.2 Å². The predicted molar refractivity (Wildman–Crippen MR) is 63.9 cm³/mol. The van der Waals surface area contributed by atoms with Crippen LogP contribution in [-0.2, 0) is 0 Å². The number of hydrogen-bond acceptors (Lipinski definition) is 1. The first kappa shape index (κ1) is 14.8. The summed E-state index contributed by atoms with van der Waals surface area (Å²) in [6.45, 7) is 4.28. The molecule has 1 nitrogen and oxygen atoms in total. The van der Waals surface area contributed by atoms with Crippen molar-refractivity contribution in [1.82, 2.24) is 5.32 Å². The van der Waals surface area contributed by atoms with Gasteiger partial charge in [0.1, 0.15) is 0 Å². The number of alkyl halides is 3. The molecule has 1 aliphatic rings. The minimum Gasteiger partial charge on any atom is -0.312 e. The Labute approximate surface area is 102 Å². The second-order valence-corrected chi connectivity index (χ2v) is 5.30. The third-order valence-electron chi connectivity index (χ3n) is 3.70. The Hall–Kier alpha value is -0.250. The van der Waals surface area contributed by atoms with Gasteiger partial charge in [0.2, 0.25) is 0 Å². The fourth-order valence-electron chi connectivity index (χ4n) is 2.58. The fourth-order valence-corrected chi connectivity index (χ4v) is 2.58. The first-order chi connectivity index (χ1) is 7.93. The van der Waals surface area contributed by atoms with Crippen LogP contribution in [0.4, 0.5) is 13.2 Å². The Bertz CT molecular complexity index is 207. The van der Waals surface area contributed by atoms with Gasteiger partial charge in [-0.2, -0.15) is 13.2 Å². The quantitative estimate of drug-likeness (QED) is 0.769. The van der Waals surface area contributed by atoms with E-state index in [-0.39, 0.29) is 0 Å². The van der Waals surface area contributed by atoms with Crippen LogP contribution < -0.4 is 5.32 Å². The molecule has 1 saturated carbocycles. The molecule has 102 valence electrons. The molecule has 0 aromatic carbocycles. The van der Waals surface area contributed by atoms with Crippen LogP contribution in [0, 0.1) is 5.92 Å². The van der Waals surface area contributed by atoms with E-state index in [1.165, 1.54) is 12.8 Å². The van der Waals surface area contributed by atoms with Crippen LogP contribution >= 0.6 is 0 Å². The van der Waals surface area contributed by atoms with Gasteiger partial charge in [0.25, 0.3) is 0 Å². The Kier molecular flexibility index (Phi) is 5.77. The van der Waals surface area contributed by atoms with E-state index in [0.29, 0.717) is 37.8 Å². The normalized spacial score (nSPS) is 28.1. The van der Waals surface area contributed by atoms with Crippen molar-refractivity contribution in [2.75, 3.05) is 0 Å². The maximum absolute atomic E-state index is 12.5. The molecule has 0 radical (unpaired) electrons. The van der Waals surface area contributed by atoms with Gasteiger partial charge in [0.15, 0.2) is 0 Å². The zero-order chi connectivity index (χ0) is 12.9. The van der Waals surface area contributed by atoms with Crippen molar-refractivity contribution in [2.45, 2.75) is 77.1 Å². The average Bonchev–Trinajstić information content (AvgIpc) is 2.26. The molecule has 1 fully saturated rings. The molecular formula is C13H24F3N. The highest BCUT2D eigenvalue weighted by atomic mass is 19.4. The van der Waals surface area contributed by atoms with Crippen molar-refractivity contribution < 1.29 is 13.2 Å². The first-order valence-corrected chi connectivity index (χ1v) is 6.76. The average molecular weight is 251 g/mol. The van der Waals surface area contributed by atoms with Crippen LogP contribution in [-0.4, -0.2) is 18.3 Å². The Morgan fingerprint density at radius 3 is 2.24 bits per heavy atom. The van der Waals surface area contributed by atoms with E-state index < -0.39 is 12.1 Å². The van der Waals surface area contributed by atoms with E-state index in [1.807, 2.05) is 0 Å². The summed E-state index contributed by atoms with van der Waals surface area (Å²) in [5, 5.41) is 3.46. The number of unbranched alkanes of at least 4 members (excludes halogenated alkanes) is 1. The van der Waals surface area contributed by atoms with Crippen molar-refractivity contribution in [3.63, 3.8) is 0 Å². The zero-order valence-electron chi connectivity index (χ0n) is 10.8. The van der Waals surface area contributed by atoms with Crippen LogP contribution in [0.25, 0.3) is 0 Å². The van der Waals surface area contributed by atoms with Crippen LogP contribution in [0.2, 0.25) is 0 Å². The van der Waals surface area contributed by atoms with Crippen molar-refractivity contribution in [2.24, 2.45) is 5.92 Å². The fraction of sp³-hybridized carbons (Fsp3) is 1.00. The van der Waals surface area contributed by atoms with Gasteiger partial charge in [-0.25, -0.2) is 0 Å². The van der Waals surface area contributed by atoms with Crippen molar-refractivity contribution >= 4 is 0 Å². The van der Waals surface area contributed by atoms with Crippen LogP contribution in [0.5, 0.6) is 0 Å². The molecular weight excluding hydrogens is 227 g/mol. The lowest BCUT2D eigenvalue weighted by Gasteiger charge is -2.32. The second-order valence-electron chi connectivity index (χ2n) is 5.30. The molecule has 0 bridgehead atoms. The Morgan fingerprint density at radius 2 is 1.76 bits per heavy atom. The molecule has 0 heterocycles. The van der Waals surface area contributed by atoms with E-state index in [0.717, 1.165) is 6.42 Å². The predicted octanol–water partition coefficient (Wildman–Crippen LogP) is 4.28. The maximum atomic E-state index is 12.5. The lowest BCUT2D eigenvalue weighted by atomic mass is 9.85.